The molecule has 0 atom stereocenters. The van der Waals surface area contributed by atoms with Gasteiger partial charge in [0.15, 0.2) is 9.84 Å². The van der Waals surface area contributed by atoms with Gasteiger partial charge in [0.1, 0.15) is 5.75 Å². The number of hydrogen-bond donors (Lipinski definition) is 1. The van der Waals surface area contributed by atoms with Crippen LogP contribution in [0, 0.1) is 6.92 Å². The highest BCUT2D eigenvalue weighted by Gasteiger charge is 2.21. The van der Waals surface area contributed by atoms with E-state index < -0.39 is 21.5 Å². The van der Waals surface area contributed by atoms with Gasteiger partial charge in [-0.3, -0.25) is 10.1 Å². The second kappa shape index (κ2) is 6.24. The van der Waals surface area contributed by atoms with Crippen LogP contribution in [0.1, 0.15) is 22.1 Å². The first kappa shape index (κ1) is 15.9. The fourth-order valence-electron chi connectivity index (χ4n) is 1.87. The van der Waals surface area contributed by atoms with Gasteiger partial charge in [0.2, 0.25) is 11.7 Å². The molecule has 9 nitrogen and oxygen atoms in total. The predicted octanol–water partition coefficient (Wildman–Crippen LogP) is 1.59. The molecule has 0 spiro atoms. The lowest BCUT2D eigenvalue weighted by atomic mass is 10.4. The number of rotatable bonds is 5. The maximum absolute atomic E-state index is 12.2. The minimum Gasteiger partial charge on any atom is -0.407 e. The van der Waals surface area contributed by atoms with E-state index in [2.05, 4.69) is 20.7 Å². The topological polar surface area (TPSA) is 128 Å². The molecular weight excluding hydrogens is 336 g/mol. The third-order valence-corrected chi connectivity index (χ3v) is 4.57. The van der Waals surface area contributed by atoms with Crippen molar-refractivity contribution in [2.45, 2.75) is 17.6 Å². The minimum atomic E-state index is -3.61. The molecular formula is C14H12N4O5S. The van der Waals surface area contributed by atoms with Gasteiger partial charge in [0, 0.05) is 6.07 Å². The van der Waals surface area contributed by atoms with Gasteiger partial charge in [0.05, 0.1) is 10.6 Å². The average Bonchev–Trinajstić information content (AvgIpc) is 3.17. The van der Waals surface area contributed by atoms with Crippen LogP contribution in [-0.4, -0.2) is 29.7 Å². The highest BCUT2D eigenvalue weighted by atomic mass is 32.2. The van der Waals surface area contributed by atoms with Crippen molar-refractivity contribution in [1.29, 1.82) is 0 Å². The van der Waals surface area contributed by atoms with Crippen molar-refractivity contribution in [2.75, 3.05) is 5.32 Å². The summed E-state index contributed by atoms with van der Waals surface area (Å²) in [5, 5.41) is 13.1. The van der Waals surface area contributed by atoms with Crippen molar-refractivity contribution >= 4 is 21.8 Å². The lowest BCUT2D eigenvalue weighted by Gasteiger charge is -2.00. The summed E-state index contributed by atoms with van der Waals surface area (Å²) < 4.78 is 34.4. The Hall–Kier alpha value is -3.01. The number of nitrogens with zero attached hydrogens (tertiary/aromatic N) is 3. The Bertz CT molecular complexity index is 962. The fourth-order valence-corrected chi connectivity index (χ4v) is 3.05. The summed E-state index contributed by atoms with van der Waals surface area (Å²) in [6.07, 6.45) is 0. The third kappa shape index (κ3) is 3.49. The zero-order chi connectivity index (χ0) is 17.2. The van der Waals surface area contributed by atoms with Gasteiger partial charge in [-0.1, -0.05) is 28.5 Å². The molecule has 0 aliphatic rings. The van der Waals surface area contributed by atoms with Gasteiger partial charge in [-0.2, -0.15) is 0 Å². The maximum Gasteiger partial charge on any atom is 0.322 e. The molecule has 0 saturated carbocycles. The zero-order valence-electron chi connectivity index (χ0n) is 12.5. The standard InChI is InChI=1S/C14H12N4O5S/c1-9-7-11(23-18-9)13(19)15-14-17-16-12(22-14)8-24(20,21)10-5-3-2-4-6-10/h2-7H,8H2,1H3,(H,15,17,19). The fraction of sp³-hybridized carbons (Fsp3) is 0.143. The molecule has 0 bridgehead atoms. The number of sulfone groups is 1. The highest BCUT2D eigenvalue weighted by Crippen LogP contribution is 2.17. The van der Waals surface area contributed by atoms with Gasteiger partial charge in [-0.15, -0.1) is 5.10 Å². The minimum absolute atomic E-state index is 0.0239. The monoisotopic (exact) mass is 348 g/mol. The molecule has 1 amide bonds. The Labute approximate surface area is 136 Å². The van der Waals surface area contributed by atoms with Gasteiger partial charge in [0.25, 0.3) is 5.91 Å². The van der Waals surface area contributed by atoms with Crippen LogP contribution >= 0.6 is 0 Å². The van der Waals surface area contributed by atoms with Crippen LogP contribution in [0.3, 0.4) is 0 Å². The lowest BCUT2D eigenvalue weighted by molar-refractivity contribution is 0.0985. The summed E-state index contributed by atoms with van der Waals surface area (Å²) in [4.78, 5) is 12.0. The van der Waals surface area contributed by atoms with E-state index in [0.717, 1.165) is 0 Å². The zero-order valence-corrected chi connectivity index (χ0v) is 13.3. The van der Waals surface area contributed by atoms with Gasteiger partial charge in [-0.25, -0.2) is 8.42 Å². The van der Waals surface area contributed by atoms with E-state index in [-0.39, 0.29) is 22.6 Å². The third-order valence-electron chi connectivity index (χ3n) is 2.95. The number of hydrogen-bond acceptors (Lipinski definition) is 8. The summed E-state index contributed by atoms with van der Waals surface area (Å²) in [7, 11) is -3.61. The maximum atomic E-state index is 12.2. The molecule has 2 heterocycles. The predicted molar refractivity (Wildman–Crippen MR) is 80.8 cm³/mol. The number of nitrogens with one attached hydrogen (secondary N) is 1. The number of benzene rings is 1. The van der Waals surface area contributed by atoms with Crippen molar-refractivity contribution in [2.24, 2.45) is 0 Å². The Morgan fingerprint density at radius 1 is 1.21 bits per heavy atom. The van der Waals surface area contributed by atoms with Crippen molar-refractivity contribution in [3.8, 4) is 0 Å². The van der Waals surface area contributed by atoms with E-state index >= 15 is 0 Å². The largest absolute Gasteiger partial charge is 0.407 e. The second-order valence-electron chi connectivity index (χ2n) is 4.86. The Balaban J connectivity index is 1.71. The molecule has 0 saturated heterocycles. The van der Waals surface area contributed by atoms with Gasteiger partial charge in [-0.05, 0) is 19.1 Å². The number of aryl methyl sites for hydroxylation is 1. The summed E-state index contributed by atoms with van der Waals surface area (Å²) in [6, 6.07) is 9.10. The molecule has 1 N–H and O–H groups in total. The summed E-state index contributed by atoms with van der Waals surface area (Å²) in [5.74, 6) is -1.26. The Morgan fingerprint density at radius 2 is 1.96 bits per heavy atom. The second-order valence-corrected chi connectivity index (χ2v) is 6.85. The number of carbonyl (C=O) groups is 1. The summed E-state index contributed by atoms with van der Waals surface area (Å²) in [6.45, 7) is 1.67. The van der Waals surface area contributed by atoms with E-state index in [1.807, 2.05) is 0 Å². The molecule has 24 heavy (non-hydrogen) atoms. The van der Waals surface area contributed by atoms with Crippen LogP contribution in [0.25, 0.3) is 0 Å². The molecule has 10 heteroatoms. The number of anilines is 1. The molecule has 3 aromatic rings. The molecule has 3 rings (SSSR count). The quantitative estimate of drug-likeness (QED) is 0.736. The molecule has 0 unspecified atom stereocenters. The molecule has 0 aliphatic heterocycles. The highest BCUT2D eigenvalue weighted by molar-refractivity contribution is 7.90. The van der Waals surface area contributed by atoms with E-state index in [0.29, 0.717) is 5.69 Å². The Morgan fingerprint density at radius 3 is 2.62 bits per heavy atom. The van der Waals surface area contributed by atoms with Crippen molar-refractivity contribution in [3.05, 3.63) is 53.7 Å². The lowest BCUT2D eigenvalue weighted by Crippen LogP contribution is -2.11. The number of carbonyl (C=O) groups excluding carboxylic acids is 1. The summed E-state index contributed by atoms with van der Waals surface area (Å²) >= 11 is 0. The Kier molecular flexibility index (Phi) is 4.13. The van der Waals surface area contributed by atoms with Crippen LogP contribution < -0.4 is 5.32 Å². The van der Waals surface area contributed by atoms with Crippen LogP contribution in [0.15, 0.2) is 50.2 Å². The van der Waals surface area contributed by atoms with Crippen LogP contribution in [0.5, 0.6) is 0 Å². The normalized spacial score (nSPS) is 11.4. The molecule has 1 aromatic carbocycles. The summed E-state index contributed by atoms with van der Waals surface area (Å²) in [5.41, 5.74) is 0.542. The van der Waals surface area contributed by atoms with Crippen LogP contribution in [-0.2, 0) is 15.6 Å². The molecule has 0 aliphatic carbocycles. The van der Waals surface area contributed by atoms with Crippen molar-refractivity contribution in [3.63, 3.8) is 0 Å². The molecule has 0 fully saturated rings. The van der Waals surface area contributed by atoms with Gasteiger partial charge < -0.3 is 8.94 Å². The van der Waals surface area contributed by atoms with Crippen LogP contribution in [0.4, 0.5) is 6.01 Å². The number of aromatic nitrogens is 3. The van der Waals surface area contributed by atoms with E-state index in [1.54, 1.807) is 25.1 Å². The van der Waals surface area contributed by atoms with Crippen molar-refractivity contribution in [1.82, 2.24) is 15.4 Å². The van der Waals surface area contributed by atoms with E-state index in [1.165, 1.54) is 18.2 Å². The van der Waals surface area contributed by atoms with E-state index in [9.17, 15) is 13.2 Å². The first-order valence-electron chi connectivity index (χ1n) is 6.79. The van der Waals surface area contributed by atoms with Crippen molar-refractivity contribution < 1.29 is 22.2 Å². The van der Waals surface area contributed by atoms with E-state index in [4.69, 9.17) is 8.94 Å². The average molecular weight is 348 g/mol. The smallest absolute Gasteiger partial charge is 0.322 e. The SMILES string of the molecule is Cc1cc(C(=O)Nc2nnc(CS(=O)(=O)c3ccccc3)o2)on1. The first-order valence-corrected chi connectivity index (χ1v) is 8.44. The molecule has 124 valence electrons. The molecule has 2 aromatic heterocycles. The van der Waals surface area contributed by atoms with Gasteiger partial charge >= 0.3 is 6.01 Å². The number of amides is 1. The molecule has 0 radical (unpaired) electrons. The first-order chi connectivity index (χ1) is 11.4. The van der Waals surface area contributed by atoms with Crippen LogP contribution in [0.2, 0.25) is 0 Å².